The van der Waals surface area contributed by atoms with Gasteiger partial charge in [-0.15, -0.1) is 0 Å². The Bertz CT molecular complexity index is 650. The normalized spacial score (nSPS) is 30.1. The van der Waals surface area contributed by atoms with Crippen LogP contribution in [0.4, 0.5) is 0 Å². The minimum absolute atomic E-state index is 0.603. The molecular weight excluding hydrogens is 220 g/mol. The highest BCUT2D eigenvalue weighted by Crippen LogP contribution is 2.37. The Morgan fingerprint density at radius 2 is 2.22 bits per heavy atom. The van der Waals surface area contributed by atoms with Gasteiger partial charge < -0.3 is 9.88 Å². The highest BCUT2D eigenvalue weighted by Gasteiger charge is 2.37. The highest BCUT2D eigenvalue weighted by molar-refractivity contribution is 5.88. The first-order chi connectivity index (χ1) is 8.74. The van der Waals surface area contributed by atoms with Crippen LogP contribution in [0.3, 0.4) is 0 Å². The molecule has 92 valence electrons. The summed E-state index contributed by atoms with van der Waals surface area (Å²) < 4.78 is 0. The Morgan fingerprint density at radius 3 is 3.11 bits per heavy atom. The number of H-pyrrole nitrogens is 1. The molecule has 3 atom stereocenters. The lowest BCUT2D eigenvalue weighted by Crippen LogP contribution is -3.14. The predicted octanol–water partition coefficient (Wildman–Crippen LogP) is 1.65. The average Bonchev–Trinajstić information content (AvgIpc) is 2.76. The van der Waals surface area contributed by atoms with E-state index in [-0.39, 0.29) is 0 Å². The quantitative estimate of drug-likeness (QED) is 0.652. The third-order valence-electron chi connectivity index (χ3n) is 4.71. The molecule has 2 nitrogen and oxygen atoms in total. The van der Waals surface area contributed by atoms with Gasteiger partial charge >= 0.3 is 0 Å². The van der Waals surface area contributed by atoms with Crippen LogP contribution in [0.2, 0.25) is 0 Å². The molecule has 0 radical (unpaired) electrons. The van der Waals surface area contributed by atoms with Crippen LogP contribution in [0.25, 0.3) is 10.9 Å². The monoisotopic (exact) mass is 239 g/mol. The topological polar surface area (TPSA) is 20.2 Å². The number of rotatable bonds is 0. The molecule has 2 aliphatic rings. The lowest BCUT2D eigenvalue weighted by molar-refractivity contribution is -0.904. The fourth-order valence-electron chi connectivity index (χ4n) is 3.93. The van der Waals surface area contributed by atoms with Crippen molar-refractivity contribution >= 4 is 10.9 Å². The first-order valence-electron chi connectivity index (χ1n) is 6.82. The van der Waals surface area contributed by atoms with Crippen molar-refractivity contribution < 1.29 is 4.90 Å². The molecule has 1 aliphatic carbocycles. The molecule has 2 heteroatoms. The second kappa shape index (κ2) is 3.48. The summed E-state index contributed by atoms with van der Waals surface area (Å²) in [5.41, 5.74) is 5.87. The molecule has 1 unspecified atom stereocenters. The SMILES string of the molecule is CC1=C[C@@H]2c3cccc4[nH]cc(c34)C[C@H]2[NH+](C)C1. The number of likely N-dealkylation sites (N-methyl/N-ethyl adjacent to an activating group) is 1. The molecule has 0 saturated heterocycles. The largest absolute Gasteiger partial charge is 0.361 e. The maximum atomic E-state index is 3.43. The van der Waals surface area contributed by atoms with Crippen LogP contribution in [0.1, 0.15) is 24.0 Å². The molecule has 0 fully saturated rings. The number of hydrogen-bond acceptors (Lipinski definition) is 0. The molecule has 0 amide bonds. The van der Waals surface area contributed by atoms with Gasteiger partial charge in [-0.25, -0.2) is 0 Å². The fourth-order valence-corrected chi connectivity index (χ4v) is 3.93. The van der Waals surface area contributed by atoms with Crippen molar-refractivity contribution in [3.05, 3.63) is 47.2 Å². The lowest BCUT2D eigenvalue weighted by Gasteiger charge is -2.37. The molecule has 2 aromatic rings. The van der Waals surface area contributed by atoms with Gasteiger partial charge in [0.2, 0.25) is 0 Å². The summed E-state index contributed by atoms with van der Waals surface area (Å²) >= 11 is 0. The molecule has 1 aromatic carbocycles. The van der Waals surface area contributed by atoms with E-state index >= 15 is 0 Å². The predicted molar refractivity (Wildman–Crippen MR) is 74.0 cm³/mol. The van der Waals surface area contributed by atoms with E-state index in [1.54, 1.807) is 4.90 Å². The van der Waals surface area contributed by atoms with Crippen LogP contribution < -0.4 is 4.90 Å². The van der Waals surface area contributed by atoms with Gasteiger partial charge in [-0.2, -0.15) is 0 Å². The summed E-state index contributed by atoms with van der Waals surface area (Å²) in [5, 5.41) is 1.48. The Labute approximate surface area is 107 Å². The standard InChI is InChI=1S/C16H18N2/c1-10-6-13-12-4-3-5-14-16(12)11(8-17-14)7-15(13)18(2)9-10/h3-6,8,13,15,17H,7,9H2,1-2H3/p+1/t13-,15-/m1/s1. The number of quaternary nitrogens is 1. The molecule has 2 heterocycles. The zero-order valence-corrected chi connectivity index (χ0v) is 11.0. The Kier molecular flexibility index (Phi) is 2.01. The summed E-state index contributed by atoms with van der Waals surface area (Å²) in [5.74, 6) is 0.603. The van der Waals surface area contributed by atoms with Crippen LogP contribution >= 0.6 is 0 Å². The van der Waals surface area contributed by atoms with Crippen molar-refractivity contribution in [3.63, 3.8) is 0 Å². The molecule has 0 saturated carbocycles. The smallest absolute Gasteiger partial charge is 0.102 e. The molecule has 1 aromatic heterocycles. The first-order valence-corrected chi connectivity index (χ1v) is 6.82. The fraction of sp³-hybridized carbons (Fsp3) is 0.375. The Hall–Kier alpha value is -1.54. The Morgan fingerprint density at radius 1 is 1.33 bits per heavy atom. The first kappa shape index (κ1) is 10.4. The maximum absolute atomic E-state index is 3.43. The minimum Gasteiger partial charge on any atom is -0.361 e. The van der Waals surface area contributed by atoms with Crippen molar-refractivity contribution in [2.75, 3.05) is 13.6 Å². The number of benzene rings is 1. The lowest BCUT2D eigenvalue weighted by atomic mass is 9.77. The molecular formula is C16H19N2+. The van der Waals surface area contributed by atoms with Crippen LogP contribution in [-0.4, -0.2) is 24.6 Å². The summed E-state index contributed by atoms with van der Waals surface area (Å²) in [4.78, 5) is 5.08. The van der Waals surface area contributed by atoms with E-state index in [2.05, 4.69) is 49.4 Å². The van der Waals surface area contributed by atoms with Crippen molar-refractivity contribution in [1.82, 2.24) is 4.98 Å². The van der Waals surface area contributed by atoms with E-state index in [1.165, 1.54) is 40.6 Å². The highest BCUT2D eigenvalue weighted by atomic mass is 15.1. The van der Waals surface area contributed by atoms with Crippen LogP contribution in [0.15, 0.2) is 36.0 Å². The second-order valence-electron chi connectivity index (χ2n) is 5.96. The number of aromatic amines is 1. The molecule has 0 bridgehead atoms. The van der Waals surface area contributed by atoms with Crippen LogP contribution in [-0.2, 0) is 6.42 Å². The average molecular weight is 239 g/mol. The van der Waals surface area contributed by atoms with Gasteiger partial charge in [-0.1, -0.05) is 18.2 Å². The van der Waals surface area contributed by atoms with E-state index in [0.717, 1.165) is 0 Å². The summed E-state index contributed by atoms with van der Waals surface area (Å²) in [6.45, 7) is 3.46. The van der Waals surface area contributed by atoms with E-state index in [1.807, 2.05) is 0 Å². The third-order valence-corrected chi connectivity index (χ3v) is 4.71. The van der Waals surface area contributed by atoms with Gasteiger partial charge in [0.1, 0.15) is 6.04 Å². The van der Waals surface area contributed by atoms with E-state index in [4.69, 9.17) is 0 Å². The van der Waals surface area contributed by atoms with Gasteiger partial charge in [0.15, 0.2) is 0 Å². The van der Waals surface area contributed by atoms with E-state index in [0.29, 0.717) is 12.0 Å². The van der Waals surface area contributed by atoms with E-state index in [9.17, 15) is 0 Å². The van der Waals surface area contributed by atoms with Gasteiger partial charge in [-0.05, 0) is 29.7 Å². The van der Waals surface area contributed by atoms with Crippen molar-refractivity contribution in [2.45, 2.75) is 25.3 Å². The van der Waals surface area contributed by atoms with E-state index < -0.39 is 0 Å². The second-order valence-corrected chi connectivity index (χ2v) is 5.96. The summed E-state index contributed by atoms with van der Waals surface area (Å²) in [6, 6.07) is 7.41. The van der Waals surface area contributed by atoms with Crippen molar-refractivity contribution in [2.24, 2.45) is 0 Å². The molecule has 1 aliphatic heterocycles. The summed E-state index contributed by atoms with van der Waals surface area (Å²) in [7, 11) is 2.34. The third kappa shape index (κ3) is 1.27. The van der Waals surface area contributed by atoms with Crippen LogP contribution in [0.5, 0.6) is 0 Å². The zero-order chi connectivity index (χ0) is 12.3. The number of aromatic nitrogens is 1. The number of fused-ring (bicyclic) bond motifs is 2. The molecule has 18 heavy (non-hydrogen) atoms. The van der Waals surface area contributed by atoms with Gasteiger partial charge in [0.05, 0.1) is 19.5 Å². The number of nitrogens with one attached hydrogen (secondary N) is 2. The van der Waals surface area contributed by atoms with Gasteiger partial charge in [0.25, 0.3) is 0 Å². The van der Waals surface area contributed by atoms with Crippen molar-refractivity contribution in [1.29, 1.82) is 0 Å². The zero-order valence-electron chi connectivity index (χ0n) is 11.0. The van der Waals surface area contributed by atoms with Crippen molar-refractivity contribution in [3.8, 4) is 0 Å². The molecule has 2 N–H and O–H groups in total. The molecule has 4 rings (SSSR count). The van der Waals surface area contributed by atoms with Gasteiger partial charge in [-0.3, -0.25) is 0 Å². The Balaban J connectivity index is 1.99. The number of hydrogen-bond donors (Lipinski definition) is 2. The molecule has 0 spiro atoms. The summed E-state index contributed by atoms with van der Waals surface area (Å²) in [6.07, 6.45) is 5.92. The minimum atomic E-state index is 0.603. The maximum Gasteiger partial charge on any atom is 0.102 e. The van der Waals surface area contributed by atoms with Crippen LogP contribution in [0, 0.1) is 0 Å². The van der Waals surface area contributed by atoms with Gasteiger partial charge in [0, 0.05) is 23.5 Å².